The predicted molar refractivity (Wildman–Crippen MR) is 72.8 cm³/mol. The molecule has 19 heavy (non-hydrogen) atoms. The zero-order valence-electron chi connectivity index (χ0n) is 9.64. The van der Waals surface area contributed by atoms with Crippen LogP contribution in [-0.2, 0) is 6.42 Å². The minimum Gasteiger partial charge on any atom is -0.207 e. The highest BCUT2D eigenvalue weighted by Crippen LogP contribution is 2.33. The minimum atomic E-state index is -0.936. The number of halogens is 5. The van der Waals surface area contributed by atoms with E-state index in [4.69, 9.17) is 11.6 Å². The van der Waals surface area contributed by atoms with E-state index in [1.54, 1.807) is 12.1 Å². The van der Waals surface area contributed by atoms with Gasteiger partial charge in [-0.3, -0.25) is 0 Å². The minimum absolute atomic E-state index is 0.207. The van der Waals surface area contributed by atoms with Crippen LogP contribution in [0.5, 0.6) is 0 Å². The van der Waals surface area contributed by atoms with Crippen molar-refractivity contribution in [2.24, 2.45) is 0 Å². The fourth-order valence-corrected chi connectivity index (χ4v) is 2.94. The summed E-state index contributed by atoms with van der Waals surface area (Å²) in [5, 5.41) is -0.666. The van der Waals surface area contributed by atoms with Crippen LogP contribution < -0.4 is 0 Å². The van der Waals surface area contributed by atoms with Gasteiger partial charge in [0, 0.05) is 10.0 Å². The third kappa shape index (κ3) is 3.31. The van der Waals surface area contributed by atoms with Crippen molar-refractivity contribution in [1.29, 1.82) is 0 Å². The topological polar surface area (TPSA) is 0 Å². The molecule has 1 unspecified atom stereocenters. The van der Waals surface area contributed by atoms with Crippen LogP contribution in [0.3, 0.4) is 0 Å². The lowest BCUT2D eigenvalue weighted by atomic mass is 10.0. The maximum Gasteiger partial charge on any atom is 0.159 e. The number of rotatable bonds is 3. The molecule has 2 aromatic carbocycles. The molecule has 0 aliphatic rings. The quantitative estimate of drug-likeness (QED) is 0.652. The molecule has 0 aliphatic heterocycles. The Balaban J connectivity index is 2.25. The maximum atomic E-state index is 13.7. The maximum absolute atomic E-state index is 13.7. The van der Waals surface area contributed by atoms with Crippen LogP contribution in [0.2, 0.25) is 0 Å². The zero-order valence-corrected chi connectivity index (χ0v) is 12.0. The molecule has 2 aromatic rings. The van der Waals surface area contributed by atoms with Gasteiger partial charge in [0.15, 0.2) is 11.6 Å². The Kier molecular flexibility index (Phi) is 4.53. The molecular weight excluding hydrogens is 341 g/mol. The molecule has 0 aliphatic carbocycles. The molecule has 0 fully saturated rings. The first-order chi connectivity index (χ1) is 8.99. The Hall–Kier alpha value is -1.00. The van der Waals surface area contributed by atoms with Crippen LogP contribution in [0, 0.1) is 17.5 Å². The van der Waals surface area contributed by atoms with Crippen LogP contribution in [0.25, 0.3) is 0 Å². The van der Waals surface area contributed by atoms with Crippen LogP contribution in [0.4, 0.5) is 13.2 Å². The van der Waals surface area contributed by atoms with E-state index in [0.717, 1.165) is 12.1 Å². The summed E-state index contributed by atoms with van der Waals surface area (Å²) in [5.41, 5.74) is 0.822. The summed E-state index contributed by atoms with van der Waals surface area (Å²) in [6.07, 6.45) is 0.207. The average Bonchev–Trinajstić information content (AvgIpc) is 2.33. The Labute approximate surface area is 122 Å². The smallest absolute Gasteiger partial charge is 0.159 e. The molecule has 0 radical (unpaired) electrons. The standard InChI is InChI=1S/C14H9BrClF3/c15-9-2-1-3-12(18)14(9)10(16)6-8-4-5-11(17)13(19)7-8/h1-5,7,10H,6H2. The fourth-order valence-electron chi connectivity index (χ4n) is 1.79. The van der Waals surface area contributed by atoms with Crippen molar-refractivity contribution in [1.82, 2.24) is 0 Å². The van der Waals surface area contributed by atoms with E-state index in [-0.39, 0.29) is 6.42 Å². The van der Waals surface area contributed by atoms with Crippen LogP contribution in [-0.4, -0.2) is 0 Å². The van der Waals surface area contributed by atoms with E-state index in [9.17, 15) is 13.2 Å². The summed E-state index contributed by atoms with van der Waals surface area (Å²) in [5.74, 6) is -2.28. The second-order valence-corrected chi connectivity index (χ2v) is 5.44. The van der Waals surface area contributed by atoms with Gasteiger partial charge in [0.05, 0.1) is 5.38 Å². The van der Waals surface area contributed by atoms with Gasteiger partial charge in [0.2, 0.25) is 0 Å². The largest absolute Gasteiger partial charge is 0.207 e. The Morgan fingerprint density at radius 1 is 1.00 bits per heavy atom. The fraction of sp³-hybridized carbons (Fsp3) is 0.143. The molecule has 2 rings (SSSR count). The van der Waals surface area contributed by atoms with E-state index in [2.05, 4.69) is 15.9 Å². The third-order valence-electron chi connectivity index (χ3n) is 2.71. The average molecular weight is 350 g/mol. The summed E-state index contributed by atoms with van der Waals surface area (Å²) in [7, 11) is 0. The van der Waals surface area contributed by atoms with Gasteiger partial charge < -0.3 is 0 Å². The molecular formula is C14H9BrClF3. The van der Waals surface area contributed by atoms with Crippen molar-refractivity contribution in [2.75, 3.05) is 0 Å². The molecule has 0 nitrogen and oxygen atoms in total. The molecule has 0 saturated carbocycles. The van der Waals surface area contributed by atoms with Crippen LogP contribution in [0.15, 0.2) is 40.9 Å². The highest BCUT2D eigenvalue weighted by molar-refractivity contribution is 9.10. The van der Waals surface area contributed by atoms with E-state index in [1.165, 1.54) is 12.1 Å². The van der Waals surface area contributed by atoms with Crippen molar-refractivity contribution in [2.45, 2.75) is 11.8 Å². The summed E-state index contributed by atoms with van der Waals surface area (Å²) < 4.78 is 40.2. The van der Waals surface area contributed by atoms with Gasteiger partial charge in [-0.2, -0.15) is 0 Å². The molecule has 0 N–H and O–H groups in total. The van der Waals surface area contributed by atoms with Crippen molar-refractivity contribution in [3.8, 4) is 0 Å². The number of hydrogen-bond donors (Lipinski definition) is 0. The molecule has 0 amide bonds. The van der Waals surface area contributed by atoms with Gasteiger partial charge in [-0.1, -0.05) is 28.1 Å². The van der Waals surface area contributed by atoms with Crippen molar-refractivity contribution < 1.29 is 13.2 Å². The molecule has 0 aromatic heterocycles. The van der Waals surface area contributed by atoms with Gasteiger partial charge in [0.1, 0.15) is 5.82 Å². The molecule has 1 atom stereocenters. The van der Waals surface area contributed by atoms with Crippen LogP contribution >= 0.6 is 27.5 Å². The zero-order chi connectivity index (χ0) is 14.0. The third-order valence-corrected chi connectivity index (χ3v) is 3.78. The first kappa shape index (κ1) is 14.4. The van der Waals surface area contributed by atoms with E-state index >= 15 is 0 Å². The molecule has 0 spiro atoms. The molecule has 0 heterocycles. The number of alkyl halides is 1. The predicted octanol–water partition coefficient (Wildman–Crippen LogP) is 5.39. The summed E-state index contributed by atoms with van der Waals surface area (Å²) in [4.78, 5) is 0. The van der Waals surface area contributed by atoms with Crippen molar-refractivity contribution in [3.05, 3.63) is 69.4 Å². The van der Waals surface area contributed by atoms with E-state index in [1.807, 2.05) is 0 Å². The van der Waals surface area contributed by atoms with Gasteiger partial charge in [-0.15, -0.1) is 11.6 Å². The van der Waals surface area contributed by atoms with Gasteiger partial charge in [-0.05, 0) is 36.2 Å². The lowest BCUT2D eigenvalue weighted by Crippen LogP contribution is -2.01. The first-order valence-electron chi connectivity index (χ1n) is 5.51. The Morgan fingerprint density at radius 3 is 2.37 bits per heavy atom. The Bertz CT molecular complexity index is 581. The van der Waals surface area contributed by atoms with Gasteiger partial charge >= 0.3 is 0 Å². The van der Waals surface area contributed by atoms with E-state index < -0.39 is 22.8 Å². The number of benzene rings is 2. The lowest BCUT2D eigenvalue weighted by molar-refractivity contribution is 0.507. The SMILES string of the molecule is Fc1ccc(CC(Cl)c2c(F)cccc2Br)cc1F. The Morgan fingerprint density at radius 2 is 1.74 bits per heavy atom. The van der Waals surface area contributed by atoms with Crippen molar-refractivity contribution in [3.63, 3.8) is 0 Å². The second kappa shape index (κ2) is 5.97. The van der Waals surface area contributed by atoms with Gasteiger partial charge in [-0.25, -0.2) is 13.2 Å². The summed E-state index contributed by atoms with van der Waals surface area (Å²) >= 11 is 9.39. The molecule has 5 heteroatoms. The highest BCUT2D eigenvalue weighted by Gasteiger charge is 2.17. The van der Waals surface area contributed by atoms with Crippen molar-refractivity contribution >= 4 is 27.5 Å². The van der Waals surface area contributed by atoms with E-state index in [0.29, 0.717) is 15.6 Å². The number of hydrogen-bond acceptors (Lipinski definition) is 0. The first-order valence-corrected chi connectivity index (χ1v) is 6.74. The molecule has 100 valence electrons. The lowest BCUT2D eigenvalue weighted by Gasteiger charge is -2.13. The monoisotopic (exact) mass is 348 g/mol. The highest BCUT2D eigenvalue weighted by atomic mass is 79.9. The van der Waals surface area contributed by atoms with Gasteiger partial charge in [0.25, 0.3) is 0 Å². The second-order valence-electron chi connectivity index (χ2n) is 4.06. The summed E-state index contributed by atoms with van der Waals surface area (Å²) in [6, 6.07) is 8.08. The normalized spacial score (nSPS) is 12.5. The molecule has 0 bridgehead atoms. The summed E-state index contributed by atoms with van der Waals surface area (Å²) in [6.45, 7) is 0. The van der Waals surface area contributed by atoms with Crippen LogP contribution in [0.1, 0.15) is 16.5 Å². The molecule has 0 saturated heterocycles.